The maximum Gasteiger partial charge on any atom is 0.336 e. The molecule has 0 amide bonds. The number of nitrogens with zero attached hydrogens (tertiary/aromatic N) is 1. The lowest BCUT2D eigenvalue weighted by Crippen LogP contribution is -2.48. The summed E-state index contributed by atoms with van der Waals surface area (Å²) in [5, 5.41) is 4.66. The van der Waals surface area contributed by atoms with E-state index < -0.39 is 10.0 Å². The summed E-state index contributed by atoms with van der Waals surface area (Å²) < 4.78 is 28.1. The zero-order chi connectivity index (χ0) is 10.3. The summed E-state index contributed by atoms with van der Waals surface area (Å²) in [5.74, 6) is 0. The van der Waals surface area contributed by atoms with Gasteiger partial charge in [-0.05, 0) is 0 Å². The molecule has 2 N–H and O–H groups in total. The van der Waals surface area contributed by atoms with Gasteiger partial charge in [-0.3, -0.25) is 0 Å². The fraction of sp³-hybridized carbons (Fsp3) is 0.571. The Kier molecular flexibility index (Phi) is 2.21. The fourth-order valence-corrected chi connectivity index (χ4v) is 1.21. The average Bonchev–Trinajstić information content (AvgIpc) is 2.28. The third-order valence-electron chi connectivity index (χ3n) is 1.58. The van der Waals surface area contributed by atoms with Crippen LogP contribution in [-0.2, 0) is 15.6 Å². The van der Waals surface area contributed by atoms with Crippen LogP contribution in [0, 0.1) is 0 Å². The standard InChI is InChI=1S/C7H13N2O3S/c1-7(2,3)9-4-6(12-5-9)13(8,10)11/h4-5H,1-3H3,(H2,8,10,11)/q+1. The highest BCUT2D eigenvalue weighted by atomic mass is 32.2. The number of hydrogen-bond donors (Lipinski definition) is 1. The number of sulfonamides is 1. The van der Waals surface area contributed by atoms with Crippen LogP contribution in [-0.4, -0.2) is 8.42 Å². The lowest BCUT2D eigenvalue weighted by atomic mass is 10.1. The van der Waals surface area contributed by atoms with Crippen molar-refractivity contribution in [3.05, 3.63) is 12.6 Å². The molecule has 1 aromatic heterocycles. The SMILES string of the molecule is CC(C)(C)[n+]1coc(S(N)(=O)=O)c1. The minimum atomic E-state index is -3.73. The van der Waals surface area contributed by atoms with Crippen LogP contribution in [0.1, 0.15) is 20.8 Å². The first-order valence-electron chi connectivity index (χ1n) is 3.74. The van der Waals surface area contributed by atoms with Crippen molar-refractivity contribution >= 4 is 10.0 Å². The second kappa shape index (κ2) is 2.81. The number of primary sulfonamides is 1. The number of nitrogens with two attached hydrogens (primary N) is 1. The van der Waals surface area contributed by atoms with Crippen LogP contribution in [0.4, 0.5) is 0 Å². The molecule has 0 unspecified atom stereocenters. The Morgan fingerprint density at radius 3 is 2.23 bits per heavy atom. The van der Waals surface area contributed by atoms with Gasteiger partial charge in [0.1, 0.15) is 0 Å². The van der Waals surface area contributed by atoms with Crippen molar-refractivity contribution in [2.45, 2.75) is 31.4 Å². The normalized spacial score (nSPS) is 13.2. The Morgan fingerprint density at radius 2 is 2.00 bits per heavy atom. The topological polar surface area (TPSA) is 77.2 Å². The van der Waals surface area contributed by atoms with Gasteiger partial charge in [0.05, 0.1) is 0 Å². The molecular weight excluding hydrogens is 192 g/mol. The zero-order valence-corrected chi connectivity index (χ0v) is 8.63. The summed E-state index contributed by atoms with van der Waals surface area (Å²) in [6.07, 6.45) is 2.70. The van der Waals surface area contributed by atoms with Crippen molar-refractivity contribution in [3.63, 3.8) is 0 Å². The molecule has 0 atom stereocenters. The molecule has 0 saturated carbocycles. The van der Waals surface area contributed by atoms with E-state index in [0.717, 1.165) is 0 Å². The molecule has 1 rings (SSSR count). The largest absolute Gasteiger partial charge is 0.390 e. The van der Waals surface area contributed by atoms with Gasteiger partial charge < -0.3 is 4.42 Å². The number of rotatable bonds is 1. The summed E-state index contributed by atoms with van der Waals surface area (Å²) in [4.78, 5) is 0. The Bertz CT molecular complexity index is 400. The third kappa shape index (κ3) is 2.28. The highest BCUT2D eigenvalue weighted by molar-refractivity contribution is 7.89. The average molecular weight is 205 g/mol. The summed E-state index contributed by atoms with van der Waals surface area (Å²) >= 11 is 0. The zero-order valence-electron chi connectivity index (χ0n) is 7.81. The quantitative estimate of drug-likeness (QED) is 0.654. The minimum absolute atomic E-state index is 0.216. The monoisotopic (exact) mass is 205 g/mol. The highest BCUT2D eigenvalue weighted by Gasteiger charge is 2.27. The van der Waals surface area contributed by atoms with Crippen molar-refractivity contribution in [3.8, 4) is 0 Å². The molecule has 0 aromatic carbocycles. The maximum absolute atomic E-state index is 10.8. The first-order chi connectivity index (χ1) is 5.71. The van der Waals surface area contributed by atoms with Crippen LogP contribution < -0.4 is 9.71 Å². The maximum atomic E-state index is 10.8. The van der Waals surface area contributed by atoms with E-state index in [-0.39, 0.29) is 10.6 Å². The minimum Gasteiger partial charge on any atom is -0.390 e. The second-order valence-electron chi connectivity index (χ2n) is 3.79. The number of aromatic nitrogens is 1. The fourth-order valence-electron chi connectivity index (χ4n) is 0.775. The molecule has 74 valence electrons. The van der Waals surface area contributed by atoms with E-state index in [2.05, 4.69) is 0 Å². The van der Waals surface area contributed by atoms with Crippen molar-refractivity contribution < 1.29 is 17.4 Å². The van der Waals surface area contributed by atoms with Gasteiger partial charge in [-0.25, -0.2) is 13.6 Å². The molecule has 0 bridgehead atoms. The van der Waals surface area contributed by atoms with E-state index in [1.54, 1.807) is 4.57 Å². The van der Waals surface area contributed by atoms with Gasteiger partial charge in [0, 0.05) is 20.8 Å². The predicted molar refractivity (Wildman–Crippen MR) is 45.3 cm³/mol. The Morgan fingerprint density at radius 1 is 1.46 bits per heavy atom. The molecular formula is C7H13N2O3S+. The van der Waals surface area contributed by atoms with Gasteiger partial charge in [0.2, 0.25) is 6.20 Å². The van der Waals surface area contributed by atoms with E-state index in [4.69, 9.17) is 9.56 Å². The Balaban J connectivity index is 3.16. The van der Waals surface area contributed by atoms with Crippen LogP contribution in [0.3, 0.4) is 0 Å². The molecule has 0 aliphatic carbocycles. The van der Waals surface area contributed by atoms with E-state index in [1.807, 2.05) is 20.8 Å². The smallest absolute Gasteiger partial charge is 0.336 e. The molecule has 0 aliphatic heterocycles. The lowest BCUT2D eigenvalue weighted by molar-refractivity contribution is -0.756. The van der Waals surface area contributed by atoms with E-state index in [0.29, 0.717) is 0 Å². The number of hydrogen-bond acceptors (Lipinski definition) is 3. The summed E-state index contributed by atoms with van der Waals surface area (Å²) in [6, 6.07) is 0. The molecule has 0 spiro atoms. The third-order valence-corrected chi connectivity index (χ3v) is 2.34. The summed E-state index contributed by atoms with van der Waals surface area (Å²) in [7, 11) is -3.73. The summed E-state index contributed by atoms with van der Waals surface area (Å²) in [6.45, 7) is 5.78. The van der Waals surface area contributed by atoms with Crippen LogP contribution >= 0.6 is 0 Å². The van der Waals surface area contributed by atoms with Crippen molar-refractivity contribution in [1.29, 1.82) is 0 Å². The Hall–Kier alpha value is -0.880. The molecule has 6 heteroatoms. The van der Waals surface area contributed by atoms with Crippen molar-refractivity contribution in [2.75, 3.05) is 0 Å². The first-order valence-corrected chi connectivity index (χ1v) is 5.29. The molecule has 5 nitrogen and oxygen atoms in total. The molecule has 0 aliphatic rings. The Labute approximate surface area is 77.2 Å². The summed E-state index contributed by atoms with van der Waals surface area (Å²) in [5.41, 5.74) is -0.216. The van der Waals surface area contributed by atoms with Gasteiger partial charge in [0.25, 0.3) is 10.0 Å². The molecule has 13 heavy (non-hydrogen) atoms. The predicted octanol–water partition coefficient (Wildman–Crippen LogP) is -0.0305. The van der Waals surface area contributed by atoms with Crippen LogP contribution in [0.5, 0.6) is 0 Å². The van der Waals surface area contributed by atoms with Crippen LogP contribution in [0.15, 0.2) is 22.1 Å². The van der Waals surface area contributed by atoms with Gasteiger partial charge in [0.15, 0.2) is 5.54 Å². The van der Waals surface area contributed by atoms with Crippen molar-refractivity contribution in [2.24, 2.45) is 5.14 Å². The van der Waals surface area contributed by atoms with Gasteiger partial charge in [-0.1, -0.05) is 0 Å². The lowest BCUT2D eigenvalue weighted by Gasteiger charge is -2.07. The molecule has 1 aromatic rings. The van der Waals surface area contributed by atoms with E-state index in [1.165, 1.54) is 12.6 Å². The first kappa shape index (κ1) is 10.2. The highest BCUT2D eigenvalue weighted by Crippen LogP contribution is 2.08. The van der Waals surface area contributed by atoms with Gasteiger partial charge in [-0.15, -0.1) is 0 Å². The van der Waals surface area contributed by atoms with Crippen molar-refractivity contribution in [1.82, 2.24) is 0 Å². The molecule has 1 heterocycles. The van der Waals surface area contributed by atoms with E-state index >= 15 is 0 Å². The number of oxazole rings is 1. The van der Waals surface area contributed by atoms with Gasteiger partial charge in [-0.2, -0.15) is 4.57 Å². The van der Waals surface area contributed by atoms with Crippen LogP contribution in [0.25, 0.3) is 0 Å². The van der Waals surface area contributed by atoms with E-state index in [9.17, 15) is 8.42 Å². The second-order valence-corrected chi connectivity index (χ2v) is 5.29. The molecule has 0 saturated heterocycles. The molecule has 0 fully saturated rings. The van der Waals surface area contributed by atoms with Gasteiger partial charge >= 0.3 is 11.5 Å². The van der Waals surface area contributed by atoms with Crippen LogP contribution in [0.2, 0.25) is 0 Å². The molecule has 0 radical (unpaired) electrons.